The Balaban J connectivity index is 1.33. The number of aromatic amines is 1. The molecule has 3 N–H and O–H groups in total. The molecule has 0 saturated heterocycles. The van der Waals surface area contributed by atoms with Crippen LogP contribution in [0.1, 0.15) is 29.9 Å². The number of tetrazole rings is 1. The molecular formula is C31H29N9O10. The number of carbonyl (C=O) groups excluding carboxylic acids is 2. The number of aryl methyl sites for hydroxylation is 2. The molecule has 1 atom stereocenters. The molecule has 258 valence electrons. The number of nitrogens with one attached hydrogen (secondary N) is 2. The molecule has 0 aliphatic heterocycles. The number of fused-ring (bicyclic) bond motifs is 1. The van der Waals surface area contributed by atoms with Crippen LogP contribution in [0, 0.1) is 24.0 Å². The molecule has 5 rings (SSSR count). The maximum absolute atomic E-state index is 13.5. The van der Waals surface area contributed by atoms with Gasteiger partial charge in [0.05, 0.1) is 24.2 Å². The number of carbonyl (C=O) groups is 3. The van der Waals surface area contributed by atoms with Gasteiger partial charge in [-0.2, -0.15) is 5.21 Å². The minimum Gasteiger partial charge on any atom is -0.480 e. The highest BCUT2D eigenvalue weighted by molar-refractivity contribution is 5.88. The largest absolute Gasteiger partial charge is 0.480 e. The zero-order valence-electron chi connectivity index (χ0n) is 26.6. The first-order valence-corrected chi connectivity index (χ1v) is 14.9. The van der Waals surface area contributed by atoms with Crippen molar-refractivity contribution in [2.24, 2.45) is 0 Å². The number of hydrogen-bond acceptors (Lipinski definition) is 14. The fraction of sp³-hybridized carbons (Fsp3) is 0.258. The Hall–Kier alpha value is -6.79. The Morgan fingerprint density at radius 1 is 1.08 bits per heavy atom. The lowest BCUT2D eigenvalue weighted by molar-refractivity contribution is -0.757. The second-order valence-electron chi connectivity index (χ2n) is 10.7. The Kier molecular flexibility index (Phi) is 10.6. The van der Waals surface area contributed by atoms with Crippen molar-refractivity contribution in [1.29, 1.82) is 0 Å². The molecular weight excluding hydrogens is 658 g/mol. The minimum atomic E-state index is -1.71. The fourth-order valence-electron chi connectivity index (χ4n) is 5.01. The Labute approximate surface area is 281 Å². The highest BCUT2D eigenvalue weighted by Gasteiger charge is 2.25. The lowest BCUT2D eigenvalue weighted by Crippen LogP contribution is -2.45. The second-order valence-corrected chi connectivity index (χ2v) is 10.7. The minimum absolute atomic E-state index is 0.0467. The van der Waals surface area contributed by atoms with Crippen LogP contribution in [0.5, 0.6) is 5.75 Å². The molecule has 5 aromatic rings. The molecule has 0 fully saturated rings. The van der Waals surface area contributed by atoms with Crippen molar-refractivity contribution in [3.05, 3.63) is 92.1 Å². The first kappa shape index (κ1) is 34.5. The van der Waals surface area contributed by atoms with Crippen LogP contribution in [-0.2, 0) is 25.7 Å². The van der Waals surface area contributed by atoms with Gasteiger partial charge in [-0.3, -0.25) is 14.2 Å². The third kappa shape index (κ3) is 8.37. The van der Waals surface area contributed by atoms with E-state index in [0.29, 0.717) is 17.3 Å². The van der Waals surface area contributed by atoms with E-state index in [1.807, 2.05) is 48.5 Å². The van der Waals surface area contributed by atoms with Crippen LogP contribution in [-0.4, -0.2) is 82.6 Å². The number of carboxylic acid groups (broad SMARTS) is 1. The molecule has 1 amide bonds. The van der Waals surface area contributed by atoms with E-state index in [1.54, 1.807) is 13.8 Å². The SMILES string of the molecule is Cc1nc(C)c2c(OC(=O)NC(COC(=O)CCCO[N+](=O)[O-])C(=O)O)cc(=O)n(Cc3ccc(-c4ccccc4-c4nn[nH]n4)cc3)c2n1. The smallest absolute Gasteiger partial charge is 0.413 e. The topological polar surface area (TPSA) is 257 Å². The zero-order chi connectivity index (χ0) is 35.8. The van der Waals surface area contributed by atoms with Gasteiger partial charge >= 0.3 is 18.0 Å². The summed E-state index contributed by atoms with van der Waals surface area (Å²) in [5, 5.41) is 35.3. The number of nitrogens with zero attached hydrogens (tertiary/aromatic N) is 7. The van der Waals surface area contributed by atoms with E-state index in [4.69, 9.17) is 9.47 Å². The molecule has 0 saturated carbocycles. The fourth-order valence-corrected chi connectivity index (χ4v) is 5.01. The molecule has 1 unspecified atom stereocenters. The lowest BCUT2D eigenvalue weighted by Gasteiger charge is -2.17. The van der Waals surface area contributed by atoms with Crippen molar-refractivity contribution < 1.29 is 38.9 Å². The molecule has 0 radical (unpaired) electrons. The summed E-state index contributed by atoms with van der Waals surface area (Å²) in [5.41, 5.74) is 3.32. The predicted molar refractivity (Wildman–Crippen MR) is 171 cm³/mol. The number of esters is 1. The summed E-state index contributed by atoms with van der Waals surface area (Å²) in [5.74, 6) is -1.81. The highest BCUT2D eigenvalue weighted by atomic mass is 16.9. The number of ether oxygens (including phenoxy) is 2. The number of benzene rings is 2. The predicted octanol–water partition coefficient (Wildman–Crippen LogP) is 2.38. The average Bonchev–Trinajstić information content (AvgIpc) is 3.62. The van der Waals surface area contributed by atoms with E-state index in [2.05, 4.69) is 40.7 Å². The Bertz CT molecular complexity index is 2100. The zero-order valence-corrected chi connectivity index (χ0v) is 26.6. The first-order valence-electron chi connectivity index (χ1n) is 14.9. The average molecular weight is 688 g/mol. The van der Waals surface area contributed by atoms with Crippen LogP contribution in [0.3, 0.4) is 0 Å². The quantitative estimate of drug-likeness (QED) is 0.0655. The summed E-state index contributed by atoms with van der Waals surface area (Å²) < 4.78 is 11.7. The molecule has 0 aliphatic carbocycles. The molecule has 2 aromatic carbocycles. The van der Waals surface area contributed by atoms with Crippen LogP contribution in [0.2, 0.25) is 0 Å². The first-order chi connectivity index (χ1) is 24.0. The Morgan fingerprint density at radius 3 is 2.50 bits per heavy atom. The van der Waals surface area contributed by atoms with Gasteiger partial charge < -0.3 is 24.7 Å². The van der Waals surface area contributed by atoms with E-state index >= 15 is 0 Å². The van der Waals surface area contributed by atoms with E-state index in [9.17, 15) is 34.4 Å². The van der Waals surface area contributed by atoms with Gasteiger partial charge in [0.2, 0.25) is 5.82 Å². The second kappa shape index (κ2) is 15.4. The van der Waals surface area contributed by atoms with Gasteiger partial charge in [0.25, 0.3) is 10.6 Å². The van der Waals surface area contributed by atoms with Crippen LogP contribution < -0.4 is 15.6 Å². The Morgan fingerprint density at radius 2 is 1.82 bits per heavy atom. The summed E-state index contributed by atoms with van der Waals surface area (Å²) >= 11 is 0. The van der Waals surface area contributed by atoms with Crippen molar-refractivity contribution in [3.63, 3.8) is 0 Å². The van der Waals surface area contributed by atoms with Crippen LogP contribution in [0.4, 0.5) is 4.79 Å². The molecule has 0 bridgehead atoms. The third-order valence-corrected chi connectivity index (χ3v) is 7.25. The standard InChI is InChI=1S/C31H29N9O10/c1-17-27-24(50-31(45)34-23(30(43)44)16-48-26(42)8-5-13-49-40(46)47)14-25(41)39(29(27)33-18(2)32-17)15-19-9-11-20(12-10-19)21-6-3-4-7-22(21)28-35-37-38-36-28/h3-4,6-7,9-12,14,23H,5,8,13,15-16H2,1-2H3,(H,34,45)(H,43,44)(H,35,36,37,38). The molecule has 19 heteroatoms. The van der Waals surface area contributed by atoms with Gasteiger partial charge in [0, 0.05) is 18.1 Å². The van der Waals surface area contributed by atoms with Crippen molar-refractivity contribution in [1.82, 2.24) is 40.5 Å². The number of amides is 1. The molecule has 3 aromatic heterocycles. The van der Waals surface area contributed by atoms with Gasteiger partial charge in [-0.05, 0) is 42.2 Å². The normalized spacial score (nSPS) is 11.5. The number of H-pyrrole nitrogens is 1. The monoisotopic (exact) mass is 687 g/mol. The number of pyridine rings is 1. The van der Waals surface area contributed by atoms with Gasteiger partial charge in [-0.1, -0.05) is 48.5 Å². The molecule has 3 heterocycles. The summed E-state index contributed by atoms with van der Waals surface area (Å²) in [6.45, 7) is 2.28. The van der Waals surface area contributed by atoms with Crippen LogP contribution >= 0.6 is 0 Å². The van der Waals surface area contributed by atoms with E-state index < -0.39 is 41.3 Å². The highest BCUT2D eigenvalue weighted by Crippen LogP contribution is 2.30. The summed E-state index contributed by atoms with van der Waals surface area (Å²) in [6.07, 6.45) is -1.58. The summed E-state index contributed by atoms with van der Waals surface area (Å²) in [7, 11) is 0. The number of rotatable bonds is 14. The molecule has 50 heavy (non-hydrogen) atoms. The van der Waals surface area contributed by atoms with Gasteiger partial charge in [-0.15, -0.1) is 20.3 Å². The summed E-state index contributed by atoms with van der Waals surface area (Å²) in [4.78, 5) is 73.0. The number of carboxylic acids is 1. The van der Waals surface area contributed by atoms with Gasteiger partial charge in [0.1, 0.15) is 12.4 Å². The molecule has 0 aliphatic rings. The van der Waals surface area contributed by atoms with Crippen molar-refractivity contribution in [2.75, 3.05) is 13.2 Å². The van der Waals surface area contributed by atoms with Gasteiger partial charge in [-0.25, -0.2) is 19.6 Å². The molecule has 0 spiro atoms. The molecule has 19 nitrogen and oxygen atoms in total. The summed E-state index contributed by atoms with van der Waals surface area (Å²) in [6, 6.07) is 14.5. The van der Waals surface area contributed by atoms with Crippen LogP contribution in [0.15, 0.2) is 59.4 Å². The van der Waals surface area contributed by atoms with Crippen molar-refractivity contribution in [2.45, 2.75) is 39.3 Å². The maximum Gasteiger partial charge on any atom is 0.413 e. The van der Waals surface area contributed by atoms with E-state index in [1.165, 1.54) is 4.57 Å². The van der Waals surface area contributed by atoms with E-state index in [0.717, 1.165) is 28.3 Å². The van der Waals surface area contributed by atoms with E-state index in [-0.39, 0.29) is 42.8 Å². The lowest BCUT2D eigenvalue weighted by atomic mass is 9.98. The number of aliphatic carboxylic acids is 1. The maximum atomic E-state index is 13.5. The van der Waals surface area contributed by atoms with Crippen molar-refractivity contribution in [3.8, 4) is 28.3 Å². The number of aromatic nitrogens is 7. The number of hydrogen-bond donors (Lipinski definition) is 3. The van der Waals surface area contributed by atoms with Gasteiger partial charge in [0.15, 0.2) is 17.4 Å². The van der Waals surface area contributed by atoms with Crippen molar-refractivity contribution >= 4 is 29.1 Å². The third-order valence-electron chi connectivity index (χ3n) is 7.25. The van der Waals surface area contributed by atoms with Crippen LogP contribution in [0.25, 0.3) is 33.5 Å².